The lowest BCUT2D eigenvalue weighted by atomic mass is 10.1. The molecule has 0 radical (unpaired) electrons. The third kappa shape index (κ3) is 2.56. The van der Waals surface area contributed by atoms with E-state index in [1.54, 1.807) is 6.07 Å². The SMILES string of the molecule is Cc1c(CNC(=O)CCl)oc2ccc(Cl)cc12. The van der Waals surface area contributed by atoms with E-state index in [9.17, 15) is 4.79 Å². The van der Waals surface area contributed by atoms with E-state index < -0.39 is 0 Å². The molecule has 2 rings (SSSR count). The van der Waals surface area contributed by atoms with Gasteiger partial charge in [-0.15, -0.1) is 11.6 Å². The molecular formula is C12H11Cl2NO2. The molecule has 0 bridgehead atoms. The van der Waals surface area contributed by atoms with Crippen LogP contribution in [0.3, 0.4) is 0 Å². The molecule has 1 amide bonds. The predicted molar refractivity (Wildman–Crippen MR) is 68.5 cm³/mol. The van der Waals surface area contributed by atoms with Crippen LogP contribution in [0, 0.1) is 6.92 Å². The van der Waals surface area contributed by atoms with Crippen LogP contribution in [0.2, 0.25) is 5.02 Å². The van der Waals surface area contributed by atoms with Crippen LogP contribution >= 0.6 is 23.2 Å². The zero-order valence-electron chi connectivity index (χ0n) is 9.22. The highest BCUT2D eigenvalue weighted by Crippen LogP contribution is 2.27. The lowest BCUT2D eigenvalue weighted by molar-refractivity contribution is -0.118. The largest absolute Gasteiger partial charge is 0.459 e. The molecule has 90 valence electrons. The number of furan rings is 1. The summed E-state index contributed by atoms with van der Waals surface area (Å²) in [5, 5.41) is 4.30. The fourth-order valence-corrected chi connectivity index (χ4v) is 1.91. The van der Waals surface area contributed by atoms with Gasteiger partial charge in [0.2, 0.25) is 5.91 Å². The van der Waals surface area contributed by atoms with Gasteiger partial charge in [0.15, 0.2) is 0 Å². The maximum atomic E-state index is 11.1. The number of fused-ring (bicyclic) bond motifs is 1. The summed E-state index contributed by atoms with van der Waals surface area (Å²) in [7, 11) is 0. The Balaban J connectivity index is 2.29. The van der Waals surface area contributed by atoms with Crippen LogP contribution in [0.5, 0.6) is 0 Å². The predicted octanol–water partition coefficient (Wildman–Crippen LogP) is 3.25. The summed E-state index contributed by atoms with van der Waals surface area (Å²) in [6, 6.07) is 5.44. The van der Waals surface area contributed by atoms with Crippen molar-refractivity contribution in [3.8, 4) is 0 Å². The number of hydrogen-bond acceptors (Lipinski definition) is 2. The number of alkyl halides is 1. The zero-order chi connectivity index (χ0) is 12.4. The van der Waals surface area contributed by atoms with E-state index in [0.29, 0.717) is 11.6 Å². The molecular weight excluding hydrogens is 261 g/mol. The number of nitrogens with one attached hydrogen (secondary N) is 1. The molecule has 1 heterocycles. The number of carbonyl (C=O) groups is 1. The molecule has 1 aromatic heterocycles. The monoisotopic (exact) mass is 271 g/mol. The van der Waals surface area contributed by atoms with Crippen LogP contribution in [0.15, 0.2) is 22.6 Å². The zero-order valence-corrected chi connectivity index (χ0v) is 10.7. The molecule has 0 fully saturated rings. The lowest BCUT2D eigenvalue weighted by Gasteiger charge is -2.00. The Morgan fingerprint density at radius 2 is 2.24 bits per heavy atom. The van der Waals surface area contributed by atoms with Gasteiger partial charge in [-0.1, -0.05) is 11.6 Å². The second-order valence-corrected chi connectivity index (χ2v) is 4.40. The topological polar surface area (TPSA) is 42.2 Å². The summed E-state index contributed by atoms with van der Waals surface area (Å²) in [6.45, 7) is 2.27. The summed E-state index contributed by atoms with van der Waals surface area (Å²) in [4.78, 5) is 11.1. The highest BCUT2D eigenvalue weighted by atomic mass is 35.5. The first-order valence-corrected chi connectivity index (χ1v) is 6.03. The summed E-state index contributed by atoms with van der Waals surface area (Å²) in [5.74, 6) is 0.454. The van der Waals surface area contributed by atoms with Gasteiger partial charge in [0, 0.05) is 16.0 Å². The Kier molecular flexibility index (Phi) is 3.60. The Morgan fingerprint density at radius 1 is 1.47 bits per heavy atom. The minimum Gasteiger partial charge on any atom is -0.459 e. The smallest absolute Gasteiger partial charge is 0.235 e. The number of benzene rings is 1. The second-order valence-electron chi connectivity index (χ2n) is 3.70. The van der Waals surface area contributed by atoms with E-state index in [1.165, 1.54) is 0 Å². The van der Waals surface area contributed by atoms with Gasteiger partial charge in [0.25, 0.3) is 0 Å². The molecule has 3 nitrogen and oxygen atoms in total. The van der Waals surface area contributed by atoms with E-state index in [-0.39, 0.29) is 11.8 Å². The van der Waals surface area contributed by atoms with Crippen molar-refractivity contribution in [2.75, 3.05) is 5.88 Å². The van der Waals surface area contributed by atoms with Gasteiger partial charge in [-0.2, -0.15) is 0 Å². The molecule has 5 heteroatoms. The van der Waals surface area contributed by atoms with Crippen LogP contribution in [-0.4, -0.2) is 11.8 Å². The van der Waals surface area contributed by atoms with Crippen molar-refractivity contribution in [1.29, 1.82) is 0 Å². The second kappa shape index (κ2) is 4.98. The first-order valence-electron chi connectivity index (χ1n) is 5.12. The van der Waals surface area contributed by atoms with Gasteiger partial charge in [-0.3, -0.25) is 4.79 Å². The van der Waals surface area contributed by atoms with Crippen molar-refractivity contribution in [3.05, 3.63) is 34.5 Å². The molecule has 0 aliphatic heterocycles. The molecule has 17 heavy (non-hydrogen) atoms. The molecule has 0 aliphatic rings. The third-order valence-corrected chi connectivity index (χ3v) is 3.04. The van der Waals surface area contributed by atoms with Gasteiger partial charge in [-0.25, -0.2) is 0 Å². The van der Waals surface area contributed by atoms with Crippen LogP contribution in [0.4, 0.5) is 0 Å². The molecule has 0 aliphatic carbocycles. The highest BCUT2D eigenvalue weighted by molar-refractivity contribution is 6.31. The van der Waals surface area contributed by atoms with Gasteiger partial charge in [0.05, 0.1) is 6.54 Å². The van der Waals surface area contributed by atoms with Crippen molar-refractivity contribution in [3.63, 3.8) is 0 Å². The summed E-state index contributed by atoms with van der Waals surface area (Å²) < 4.78 is 5.63. The Labute approximate surface area is 109 Å². The van der Waals surface area contributed by atoms with Crippen molar-refractivity contribution in [2.24, 2.45) is 0 Å². The minimum atomic E-state index is -0.218. The fourth-order valence-electron chi connectivity index (χ4n) is 1.64. The molecule has 0 atom stereocenters. The minimum absolute atomic E-state index is 0.0505. The summed E-state index contributed by atoms with van der Waals surface area (Å²) in [6.07, 6.45) is 0. The average Bonchev–Trinajstić information content (AvgIpc) is 2.63. The van der Waals surface area contributed by atoms with Crippen molar-refractivity contribution in [2.45, 2.75) is 13.5 Å². The Bertz CT molecular complexity index is 563. The number of rotatable bonds is 3. The van der Waals surface area contributed by atoms with E-state index in [2.05, 4.69) is 5.32 Å². The van der Waals surface area contributed by atoms with Gasteiger partial charge >= 0.3 is 0 Å². The Morgan fingerprint density at radius 3 is 2.94 bits per heavy atom. The van der Waals surface area contributed by atoms with E-state index in [1.807, 2.05) is 19.1 Å². The first kappa shape index (κ1) is 12.3. The van der Waals surface area contributed by atoms with Crippen molar-refractivity contribution in [1.82, 2.24) is 5.32 Å². The quantitative estimate of drug-likeness (QED) is 0.871. The van der Waals surface area contributed by atoms with E-state index in [4.69, 9.17) is 27.6 Å². The van der Waals surface area contributed by atoms with Crippen molar-refractivity contribution >= 4 is 40.1 Å². The molecule has 0 saturated carbocycles. The highest BCUT2D eigenvalue weighted by Gasteiger charge is 2.11. The number of carbonyl (C=O) groups excluding carboxylic acids is 1. The summed E-state index contributed by atoms with van der Waals surface area (Å²) >= 11 is 11.3. The number of hydrogen-bond donors (Lipinski definition) is 1. The van der Waals surface area contributed by atoms with Crippen LogP contribution in [0.1, 0.15) is 11.3 Å². The average molecular weight is 272 g/mol. The number of aryl methyl sites for hydroxylation is 1. The van der Waals surface area contributed by atoms with E-state index >= 15 is 0 Å². The van der Waals surface area contributed by atoms with Gasteiger partial charge < -0.3 is 9.73 Å². The van der Waals surface area contributed by atoms with Crippen LogP contribution < -0.4 is 5.32 Å². The summed E-state index contributed by atoms with van der Waals surface area (Å²) in [5.41, 5.74) is 1.75. The first-order chi connectivity index (χ1) is 8.11. The van der Waals surface area contributed by atoms with Crippen molar-refractivity contribution < 1.29 is 9.21 Å². The fraction of sp³-hybridized carbons (Fsp3) is 0.250. The maximum Gasteiger partial charge on any atom is 0.235 e. The third-order valence-electron chi connectivity index (χ3n) is 2.56. The molecule has 0 spiro atoms. The number of halogens is 2. The molecule has 2 aromatic rings. The van der Waals surface area contributed by atoms with Gasteiger partial charge in [0.1, 0.15) is 17.2 Å². The maximum absolute atomic E-state index is 11.1. The molecule has 1 N–H and O–H groups in total. The molecule has 0 unspecified atom stereocenters. The van der Waals surface area contributed by atoms with E-state index in [0.717, 1.165) is 22.3 Å². The van der Waals surface area contributed by atoms with Crippen LogP contribution in [-0.2, 0) is 11.3 Å². The number of amides is 1. The van der Waals surface area contributed by atoms with Gasteiger partial charge in [-0.05, 0) is 25.1 Å². The molecule has 1 aromatic carbocycles. The Hall–Kier alpha value is -1.19. The molecule has 0 saturated heterocycles. The normalized spacial score (nSPS) is 10.8. The standard InChI is InChI=1S/C12H11Cl2NO2/c1-7-9-4-8(14)2-3-10(9)17-11(7)6-15-12(16)5-13/h2-4H,5-6H2,1H3,(H,15,16). The van der Waals surface area contributed by atoms with Crippen LogP contribution in [0.25, 0.3) is 11.0 Å². The lowest BCUT2D eigenvalue weighted by Crippen LogP contribution is -2.23.